The SMILES string of the molecule is CCN1CC(CCCO)C1. The van der Waals surface area contributed by atoms with Crippen LogP contribution in [0.1, 0.15) is 19.8 Å². The van der Waals surface area contributed by atoms with Crippen molar-refractivity contribution >= 4 is 0 Å². The van der Waals surface area contributed by atoms with Gasteiger partial charge in [-0.3, -0.25) is 0 Å². The molecule has 0 bridgehead atoms. The van der Waals surface area contributed by atoms with Crippen LogP contribution in [0.3, 0.4) is 0 Å². The first-order valence-electron chi connectivity index (χ1n) is 4.20. The van der Waals surface area contributed by atoms with E-state index >= 15 is 0 Å². The maximum Gasteiger partial charge on any atom is 0.0431 e. The highest BCUT2D eigenvalue weighted by Gasteiger charge is 2.23. The molecule has 1 aliphatic rings. The van der Waals surface area contributed by atoms with E-state index < -0.39 is 0 Å². The van der Waals surface area contributed by atoms with E-state index in [9.17, 15) is 0 Å². The molecule has 0 aromatic carbocycles. The highest BCUT2D eigenvalue weighted by Crippen LogP contribution is 2.19. The van der Waals surface area contributed by atoms with Gasteiger partial charge >= 0.3 is 0 Å². The van der Waals surface area contributed by atoms with E-state index in [1.165, 1.54) is 26.1 Å². The van der Waals surface area contributed by atoms with Gasteiger partial charge in [0.2, 0.25) is 0 Å². The van der Waals surface area contributed by atoms with E-state index in [2.05, 4.69) is 11.8 Å². The van der Waals surface area contributed by atoms with Gasteiger partial charge in [-0.05, 0) is 25.3 Å². The maximum absolute atomic E-state index is 8.54. The number of aliphatic hydroxyl groups is 1. The Labute approximate surface area is 62.8 Å². The first-order valence-corrected chi connectivity index (χ1v) is 4.20. The van der Waals surface area contributed by atoms with Gasteiger partial charge in [-0.15, -0.1) is 0 Å². The van der Waals surface area contributed by atoms with Gasteiger partial charge in [0.25, 0.3) is 0 Å². The lowest BCUT2D eigenvalue weighted by molar-refractivity contribution is 0.0946. The van der Waals surface area contributed by atoms with Gasteiger partial charge in [0.15, 0.2) is 0 Å². The normalized spacial score (nSPS) is 21.0. The molecule has 1 saturated heterocycles. The molecule has 0 amide bonds. The van der Waals surface area contributed by atoms with E-state index in [0.717, 1.165) is 12.3 Å². The first-order chi connectivity index (χ1) is 4.86. The summed E-state index contributed by atoms with van der Waals surface area (Å²) in [5.41, 5.74) is 0. The first kappa shape index (κ1) is 8.02. The lowest BCUT2D eigenvalue weighted by Crippen LogP contribution is -2.46. The number of aliphatic hydroxyl groups excluding tert-OH is 1. The van der Waals surface area contributed by atoms with E-state index in [4.69, 9.17) is 5.11 Å². The van der Waals surface area contributed by atoms with Crippen LogP contribution in [0.4, 0.5) is 0 Å². The monoisotopic (exact) mass is 143 g/mol. The number of hydrogen-bond donors (Lipinski definition) is 1. The van der Waals surface area contributed by atoms with E-state index in [1.54, 1.807) is 0 Å². The Bertz CT molecular complexity index is 86.5. The molecule has 1 aliphatic heterocycles. The molecular formula is C8H17NO. The summed E-state index contributed by atoms with van der Waals surface area (Å²) in [6.07, 6.45) is 2.20. The van der Waals surface area contributed by atoms with Gasteiger partial charge in [-0.2, -0.15) is 0 Å². The Morgan fingerprint density at radius 2 is 2.20 bits per heavy atom. The van der Waals surface area contributed by atoms with Gasteiger partial charge in [0, 0.05) is 19.7 Å². The fraction of sp³-hybridized carbons (Fsp3) is 1.00. The summed E-state index contributed by atoms with van der Waals surface area (Å²) >= 11 is 0. The van der Waals surface area contributed by atoms with E-state index in [0.29, 0.717) is 6.61 Å². The minimum Gasteiger partial charge on any atom is -0.396 e. The third-order valence-electron chi connectivity index (χ3n) is 2.25. The highest BCUT2D eigenvalue weighted by molar-refractivity contribution is 4.78. The van der Waals surface area contributed by atoms with E-state index in [1.807, 2.05) is 0 Å². The molecule has 2 nitrogen and oxygen atoms in total. The molecule has 1 heterocycles. The van der Waals surface area contributed by atoms with Crippen LogP contribution in [0.25, 0.3) is 0 Å². The zero-order chi connectivity index (χ0) is 7.40. The molecule has 0 aromatic heterocycles. The standard InChI is InChI=1S/C8H17NO/c1-2-9-6-8(7-9)4-3-5-10/h8,10H,2-7H2,1H3. The largest absolute Gasteiger partial charge is 0.396 e. The van der Waals surface area contributed by atoms with Crippen LogP contribution in [0.5, 0.6) is 0 Å². The van der Waals surface area contributed by atoms with Crippen molar-refractivity contribution in [2.24, 2.45) is 5.92 Å². The van der Waals surface area contributed by atoms with Gasteiger partial charge in [-0.25, -0.2) is 0 Å². The molecule has 0 radical (unpaired) electrons. The van der Waals surface area contributed by atoms with Crippen molar-refractivity contribution in [1.29, 1.82) is 0 Å². The zero-order valence-electron chi connectivity index (χ0n) is 6.71. The van der Waals surface area contributed by atoms with Crippen LogP contribution in [0, 0.1) is 5.92 Å². The molecule has 1 rings (SSSR count). The topological polar surface area (TPSA) is 23.5 Å². The van der Waals surface area contributed by atoms with Gasteiger partial charge in [0.05, 0.1) is 0 Å². The summed E-state index contributed by atoms with van der Waals surface area (Å²) < 4.78 is 0. The minimum atomic E-state index is 0.364. The van der Waals surface area contributed by atoms with Crippen LogP contribution >= 0.6 is 0 Å². The third kappa shape index (κ3) is 1.96. The molecule has 1 N–H and O–H groups in total. The van der Waals surface area contributed by atoms with Crippen LogP contribution in [-0.2, 0) is 0 Å². The predicted molar refractivity (Wildman–Crippen MR) is 41.9 cm³/mol. The van der Waals surface area contributed by atoms with Crippen LogP contribution in [-0.4, -0.2) is 36.2 Å². The highest BCUT2D eigenvalue weighted by atomic mass is 16.2. The summed E-state index contributed by atoms with van der Waals surface area (Å²) in [6, 6.07) is 0. The van der Waals surface area contributed by atoms with Crippen LogP contribution in [0.15, 0.2) is 0 Å². The van der Waals surface area contributed by atoms with Crippen molar-refractivity contribution < 1.29 is 5.11 Å². The molecule has 0 saturated carbocycles. The molecule has 1 fully saturated rings. The predicted octanol–water partition coefficient (Wildman–Crippen LogP) is 0.711. The maximum atomic E-state index is 8.54. The van der Waals surface area contributed by atoms with Crippen molar-refractivity contribution in [1.82, 2.24) is 4.90 Å². The van der Waals surface area contributed by atoms with E-state index in [-0.39, 0.29) is 0 Å². The van der Waals surface area contributed by atoms with Gasteiger partial charge in [-0.1, -0.05) is 6.92 Å². The number of hydrogen-bond acceptors (Lipinski definition) is 2. The Kier molecular flexibility index (Phi) is 3.16. The van der Waals surface area contributed by atoms with Crippen LogP contribution < -0.4 is 0 Å². The average Bonchev–Trinajstić information content (AvgIpc) is 1.86. The molecule has 0 aromatic rings. The summed E-state index contributed by atoms with van der Waals surface area (Å²) in [7, 11) is 0. The Hall–Kier alpha value is -0.0800. The lowest BCUT2D eigenvalue weighted by Gasteiger charge is -2.38. The second kappa shape index (κ2) is 3.94. The Balaban J connectivity index is 1.93. The van der Waals surface area contributed by atoms with Crippen molar-refractivity contribution in [3.63, 3.8) is 0 Å². The quantitative estimate of drug-likeness (QED) is 0.626. The van der Waals surface area contributed by atoms with Crippen molar-refractivity contribution in [2.45, 2.75) is 19.8 Å². The zero-order valence-corrected chi connectivity index (χ0v) is 6.71. The Morgan fingerprint density at radius 3 is 2.70 bits per heavy atom. The molecule has 10 heavy (non-hydrogen) atoms. The fourth-order valence-corrected chi connectivity index (χ4v) is 1.50. The molecule has 0 unspecified atom stereocenters. The summed E-state index contributed by atoms with van der Waals surface area (Å²) in [4.78, 5) is 2.43. The van der Waals surface area contributed by atoms with Crippen molar-refractivity contribution in [3.8, 4) is 0 Å². The number of likely N-dealkylation sites (tertiary alicyclic amines) is 1. The lowest BCUT2D eigenvalue weighted by atomic mass is 9.95. The second-order valence-corrected chi connectivity index (χ2v) is 3.08. The number of nitrogens with zero attached hydrogens (tertiary/aromatic N) is 1. The molecular weight excluding hydrogens is 126 g/mol. The summed E-state index contributed by atoms with van der Waals surface area (Å²) in [6.45, 7) is 6.27. The molecule has 0 aliphatic carbocycles. The summed E-state index contributed by atoms with van der Waals surface area (Å²) in [5, 5.41) is 8.54. The minimum absolute atomic E-state index is 0.364. The van der Waals surface area contributed by atoms with Gasteiger partial charge in [0.1, 0.15) is 0 Å². The molecule has 2 heteroatoms. The molecule has 60 valence electrons. The number of rotatable bonds is 4. The summed E-state index contributed by atoms with van der Waals surface area (Å²) in [5.74, 6) is 0.882. The second-order valence-electron chi connectivity index (χ2n) is 3.08. The molecule has 0 atom stereocenters. The van der Waals surface area contributed by atoms with Crippen molar-refractivity contribution in [2.75, 3.05) is 26.2 Å². The van der Waals surface area contributed by atoms with Crippen LogP contribution in [0.2, 0.25) is 0 Å². The average molecular weight is 143 g/mol. The molecule has 0 spiro atoms. The van der Waals surface area contributed by atoms with Gasteiger partial charge < -0.3 is 10.0 Å². The Morgan fingerprint density at radius 1 is 1.50 bits per heavy atom. The smallest absolute Gasteiger partial charge is 0.0431 e. The third-order valence-corrected chi connectivity index (χ3v) is 2.25. The van der Waals surface area contributed by atoms with Crippen molar-refractivity contribution in [3.05, 3.63) is 0 Å². The fourth-order valence-electron chi connectivity index (χ4n) is 1.50.